The molecule has 2 aromatic rings. The van der Waals surface area contributed by atoms with Gasteiger partial charge < -0.3 is 19.5 Å². The molecule has 0 aliphatic rings. The van der Waals surface area contributed by atoms with Gasteiger partial charge in [-0.05, 0) is 18.4 Å². The van der Waals surface area contributed by atoms with E-state index in [1.165, 1.54) is 4.88 Å². The molecule has 0 aliphatic heterocycles. The van der Waals surface area contributed by atoms with Crippen LogP contribution in [0.3, 0.4) is 0 Å². The summed E-state index contributed by atoms with van der Waals surface area (Å²) in [6.07, 6.45) is 0. The van der Waals surface area contributed by atoms with Gasteiger partial charge in [-0.1, -0.05) is 6.07 Å². The van der Waals surface area contributed by atoms with Crippen LogP contribution in [0.2, 0.25) is 0 Å². The van der Waals surface area contributed by atoms with Crippen molar-refractivity contribution in [1.29, 1.82) is 0 Å². The van der Waals surface area contributed by atoms with Crippen molar-refractivity contribution in [3.8, 4) is 17.2 Å². The molecule has 5 heteroatoms. The lowest BCUT2D eigenvalue weighted by Gasteiger charge is -2.18. The molecule has 0 saturated carbocycles. The molecule has 21 heavy (non-hydrogen) atoms. The SMILES string of the molecule is COc1cc(OC)c(CNC(C)c2cccs2)c(OC)c1. The first-order valence-corrected chi connectivity index (χ1v) is 7.63. The fraction of sp³-hybridized carbons (Fsp3) is 0.375. The molecule has 1 N–H and O–H groups in total. The normalized spacial score (nSPS) is 12.0. The van der Waals surface area contributed by atoms with E-state index >= 15 is 0 Å². The van der Waals surface area contributed by atoms with Gasteiger partial charge >= 0.3 is 0 Å². The second-order valence-corrected chi connectivity index (χ2v) is 5.61. The standard InChI is InChI=1S/C16H21NO3S/c1-11(16-6-5-7-21-16)17-10-13-14(19-3)8-12(18-2)9-15(13)20-4/h5-9,11,17H,10H2,1-4H3. The highest BCUT2D eigenvalue weighted by Crippen LogP contribution is 2.34. The Morgan fingerprint density at radius 2 is 1.76 bits per heavy atom. The number of hydrogen-bond acceptors (Lipinski definition) is 5. The first-order valence-electron chi connectivity index (χ1n) is 6.75. The molecule has 1 atom stereocenters. The molecular formula is C16H21NO3S. The largest absolute Gasteiger partial charge is 0.496 e. The second kappa shape index (κ2) is 7.33. The summed E-state index contributed by atoms with van der Waals surface area (Å²) in [5.74, 6) is 2.24. The Morgan fingerprint density at radius 1 is 1.10 bits per heavy atom. The number of ether oxygens (including phenoxy) is 3. The summed E-state index contributed by atoms with van der Waals surface area (Å²) >= 11 is 1.75. The first kappa shape index (κ1) is 15.7. The molecule has 1 heterocycles. The van der Waals surface area contributed by atoms with Crippen molar-refractivity contribution in [1.82, 2.24) is 5.32 Å². The van der Waals surface area contributed by atoms with E-state index < -0.39 is 0 Å². The third kappa shape index (κ3) is 3.68. The summed E-state index contributed by atoms with van der Waals surface area (Å²) in [4.78, 5) is 1.31. The van der Waals surface area contributed by atoms with Gasteiger partial charge in [0.15, 0.2) is 0 Å². The molecule has 1 aromatic carbocycles. The van der Waals surface area contributed by atoms with Crippen molar-refractivity contribution in [3.63, 3.8) is 0 Å². The Balaban J connectivity index is 2.18. The molecule has 2 rings (SSSR count). The number of hydrogen-bond donors (Lipinski definition) is 1. The van der Waals surface area contributed by atoms with Crippen molar-refractivity contribution in [2.75, 3.05) is 21.3 Å². The molecule has 0 bridgehead atoms. The topological polar surface area (TPSA) is 39.7 Å². The number of benzene rings is 1. The predicted molar refractivity (Wildman–Crippen MR) is 85.7 cm³/mol. The van der Waals surface area contributed by atoms with Gasteiger partial charge in [0, 0.05) is 29.6 Å². The quantitative estimate of drug-likeness (QED) is 0.848. The average Bonchev–Trinajstić information content (AvgIpc) is 3.06. The van der Waals surface area contributed by atoms with E-state index in [0.717, 1.165) is 22.8 Å². The van der Waals surface area contributed by atoms with Gasteiger partial charge in [-0.25, -0.2) is 0 Å². The molecule has 4 nitrogen and oxygen atoms in total. The van der Waals surface area contributed by atoms with E-state index in [2.05, 4.69) is 29.8 Å². The smallest absolute Gasteiger partial charge is 0.130 e. The van der Waals surface area contributed by atoms with Crippen LogP contribution >= 0.6 is 11.3 Å². The Morgan fingerprint density at radius 3 is 2.24 bits per heavy atom. The van der Waals surface area contributed by atoms with Crippen LogP contribution in [0.25, 0.3) is 0 Å². The minimum absolute atomic E-state index is 0.279. The van der Waals surface area contributed by atoms with E-state index in [4.69, 9.17) is 14.2 Å². The van der Waals surface area contributed by atoms with E-state index in [-0.39, 0.29) is 6.04 Å². The van der Waals surface area contributed by atoms with Crippen LogP contribution in [0.5, 0.6) is 17.2 Å². The lowest BCUT2D eigenvalue weighted by molar-refractivity contribution is 0.365. The van der Waals surface area contributed by atoms with Gasteiger partial charge in [-0.2, -0.15) is 0 Å². The molecule has 0 aliphatic carbocycles. The number of nitrogens with one attached hydrogen (secondary N) is 1. The molecule has 0 saturated heterocycles. The minimum Gasteiger partial charge on any atom is -0.496 e. The van der Waals surface area contributed by atoms with Crippen molar-refractivity contribution in [3.05, 3.63) is 40.1 Å². The van der Waals surface area contributed by atoms with Gasteiger partial charge in [-0.15, -0.1) is 11.3 Å². The summed E-state index contributed by atoms with van der Waals surface area (Å²) in [6.45, 7) is 2.81. The average molecular weight is 307 g/mol. The zero-order chi connectivity index (χ0) is 15.2. The molecule has 1 unspecified atom stereocenters. The monoisotopic (exact) mass is 307 g/mol. The zero-order valence-corrected chi connectivity index (χ0v) is 13.6. The molecule has 0 spiro atoms. The van der Waals surface area contributed by atoms with Crippen LogP contribution in [-0.2, 0) is 6.54 Å². The van der Waals surface area contributed by atoms with Gasteiger partial charge in [-0.3, -0.25) is 0 Å². The minimum atomic E-state index is 0.279. The summed E-state index contributed by atoms with van der Waals surface area (Å²) in [5.41, 5.74) is 0.990. The maximum atomic E-state index is 5.46. The molecule has 0 radical (unpaired) electrons. The Labute approximate surface area is 129 Å². The van der Waals surface area contributed by atoms with Crippen LogP contribution in [0.1, 0.15) is 23.4 Å². The fourth-order valence-electron chi connectivity index (χ4n) is 2.15. The van der Waals surface area contributed by atoms with Crippen molar-refractivity contribution < 1.29 is 14.2 Å². The van der Waals surface area contributed by atoms with Crippen LogP contribution in [0.4, 0.5) is 0 Å². The van der Waals surface area contributed by atoms with Gasteiger partial charge in [0.05, 0.1) is 26.9 Å². The predicted octanol–water partition coefficient (Wildman–Crippen LogP) is 3.62. The Bertz CT molecular complexity index is 544. The van der Waals surface area contributed by atoms with Gasteiger partial charge in [0.25, 0.3) is 0 Å². The molecule has 1 aromatic heterocycles. The molecular weight excluding hydrogens is 286 g/mol. The highest BCUT2D eigenvalue weighted by Gasteiger charge is 2.14. The van der Waals surface area contributed by atoms with Gasteiger partial charge in [0.1, 0.15) is 17.2 Å². The molecule has 0 fully saturated rings. The second-order valence-electron chi connectivity index (χ2n) is 4.63. The third-order valence-corrected chi connectivity index (χ3v) is 4.43. The van der Waals surface area contributed by atoms with Crippen LogP contribution in [0, 0.1) is 0 Å². The first-order chi connectivity index (χ1) is 10.2. The Hall–Kier alpha value is -1.72. The fourth-order valence-corrected chi connectivity index (χ4v) is 2.90. The van der Waals surface area contributed by atoms with Crippen LogP contribution in [-0.4, -0.2) is 21.3 Å². The summed E-state index contributed by atoms with van der Waals surface area (Å²) < 4.78 is 16.2. The molecule has 114 valence electrons. The zero-order valence-electron chi connectivity index (χ0n) is 12.8. The van der Waals surface area contributed by atoms with E-state index in [1.807, 2.05) is 12.1 Å². The number of thiophene rings is 1. The maximum absolute atomic E-state index is 5.46. The van der Waals surface area contributed by atoms with Crippen molar-refractivity contribution in [2.45, 2.75) is 19.5 Å². The number of methoxy groups -OCH3 is 3. The van der Waals surface area contributed by atoms with E-state index in [0.29, 0.717) is 6.54 Å². The van der Waals surface area contributed by atoms with E-state index in [9.17, 15) is 0 Å². The number of rotatable bonds is 7. The van der Waals surface area contributed by atoms with E-state index in [1.54, 1.807) is 32.7 Å². The van der Waals surface area contributed by atoms with Crippen LogP contribution in [0.15, 0.2) is 29.6 Å². The molecule has 0 amide bonds. The lowest BCUT2D eigenvalue weighted by atomic mass is 10.1. The van der Waals surface area contributed by atoms with Crippen molar-refractivity contribution in [2.24, 2.45) is 0 Å². The summed E-state index contributed by atoms with van der Waals surface area (Å²) in [5, 5.41) is 5.58. The highest BCUT2D eigenvalue weighted by atomic mass is 32.1. The highest BCUT2D eigenvalue weighted by molar-refractivity contribution is 7.10. The van der Waals surface area contributed by atoms with Crippen molar-refractivity contribution >= 4 is 11.3 Å². The van der Waals surface area contributed by atoms with Crippen LogP contribution < -0.4 is 19.5 Å². The Kier molecular flexibility index (Phi) is 5.47. The lowest BCUT2D eigenvalue weighted by Crippen LogP contribution is -2.18. The summed E-state index contributed by atoms with van der Waals surface area (Å²) in [6, 6.07) is 8.21. The third-order valence-electron chi connectivity index (χ3n) is 3.37. The maximum Gasteiger partial charge on any atom is 0.130 e. The van der Waals surface area contributed by atoms with Gasteiger partial charge in [0.2, 0.25) is 0 Å². The summed E-state index contributed by atoms with van der Waals surface area (Å²) in [7, 11) is 4.94.